The Balaban J connectivity index is 2.05. The molecule has 0 aliphatic rings. The van der Waals surface area contributed by atoms with Crippen molar-refractivity contribution in [3.63, 3.8) is 0 Å². The third-order valence-electron chi connectivity index (χ3n) is 3.91. The lowest BCUT2D eigenvalue weighted by Crippen LogP contribution is -1.98. The van der Waals surface area contributed by atoms with Crippen molar-refractivity contribution in [3.05, 3.63) is 72.8 Å². The van der Waals surface area contributed by atoms with Crippen LogP contribution < -0.4 is 5.73 Å². The molecule has 24 heavy (non-hydrogen) atoms. The molecule has 3 aromatic carbocycles. The van der Waals surface area contributed by atoms with Crippen molar-refractivity contribution >= 4 is 16.7 Å². The van der Waals surface area contributed by atoms with Crippen LogP contribution >= 0.6 is 0 Å². The molecular formula is C20H15N3O. The number of phenols is 1. The standard InChI is InChI=1S/C20H15N3O/c21-16-7-4-8-17-20(16)23-19(14-9-11-15(24)12-10-14)18(22-17)13-5-2-1-3-6-13/h1-12,24H,21H2. The molecule has 0 bridgehead atoms. The molecule has 0 spiro atoms. The zero-order valence-electron chi connectivity index (χ0n) is 12.8. The number of rotatable bonds is 2. The highest BCUT2D eigenvalue weighted by Gasteiger charge is 2.14. The van der Waals surface area contributed by atoms with E-state index in [-0.39, 0.29) is 5.75 Å². The Morgan fingerprint density at radius 1 is 0.667 bits per heavy atom. The van der Waals surface area contributed by atoms with Gasteiger partial charge >= 0.3 is 0 Å². The molecule has 3 N–H and O–H groups in total. The molecule has 0 aliphatic carbocycles. The summed E-state index contributed by atoms with van der Waals surface area (Å²) in [5, 5.41) is 9.55. The number of nitrogens with two attached hydrogens (primary N) is 1. The van der Waals surface area contributed by atoms with Gasteiger partial charge < -0.3 is 10.8 Å². The van der Waals surface area contributed by atoms with Crippen molar-refractivity contribution in [2.75, 3.05) is 5.73 Å². The number of aromatic nitrogens is 2. The van der Waals surface area contributed by atoms with E-state index in [0.29, 0.717) is 11.2 Å². The van der Waals surface area contributed by atoms with Gasteiger partial charge in [-0.1, -0.05) is 36.4 Å². The number of hydrogen-bond donors (Lipinski definition) is 2. The highest BCUT2D eigenvalue weighted by molar-refractivity contribution is 5.92. The molecule has 0 amide bonds. The van der Waals surface area contributed by atoms with E-state index in [4.69, 9.17) is 15.7 Å². The average Bonchev–Trinajstić information content (AvgIpc) is 2.63. The molecule has 4 aromatic rings. The van der Waals surface area contributed by atoms with Crippen LogP contribution in [0.5, 0.6) is 5.75 Å². The Kier molecular flexibility index (Phi) is 3.35. The first-order valence-electron chi connectivity index (χ1n) is 7.63. The molecule has 4 heteroatoms. The van der Waals surface area contributed by atoms with Gasteiger partial charge in [0.1, 0.15) is 11.3 Å². The van der Waals surface area contributed by atoms with E-state index in [9.17, 15) is 5.11 Å². The number of fused-ring (bicyclic) bond motifs is 1. The number of nitrogens with zero attached hydrogens (tertiary/aromatic N) is 2. The first kappa shape index (κ1) is 14.2. The van der Waals surface area contributed by atoms with Crippen LogP contribution in [-0.2, 0) is 0 Å². The molecule has 4 nitrogen and oxygen atoms in total. The number of anilines is 1. The molecule has 116 valence electrons. The summed E-state index contributed by atoms with van der Waals surface area (Å²) in [5.74, 6) is 0.216. The van der Waals surface area contributed by atoms with Crippen LogP contribution in [0, 0.1) is 0 Å². The average molecular weight is 313 g/mol. The van der Waals surface area contributed by atoms with Crippen molar-refractivity contribution in [2.45, 2.75) is 0 Å². The zero-order chi connectivity index (χ0) is 16.5. The normalized spacial score (nSPS) is 10.8. The van der Waals surface area contributed by atoms with Crippen molar-refractivity contribution in [1.82, 2.24) is 9.97 Å². The van der Waals surface area contributed by atoms with Crippen LogP contribution in [0.1, 0.15) is 0 Å². The van der Waals surface area contributed by atoms with E-state index >= 15 is 0 Å². The van der Waals surface area contributed by atoms with Crippen molar-refractivity contribution in [2.24, 2.45) is 0 Å². The molecule has 0 radical (unpaired) electrons. The number of phenolic OH excluding ortho intramolecular Hbond substituents is 1. The topological polar surface area (TPSA) is 72.0 Å². The molecule has 1 aromatic heterocycles. The summed E-state index contributed by atoms with van der Waals surface area (Å²) in [5.41, 5.74) is 11.5. The molecule has 0 unspecified atom stereocenters. The maximum Gasteiger partial charge on any atom is 0.115 e. The second kappa shape index (κ2) is 5.66. The van der Waals surface area contributed by atoms with E-state index in [1.165, 1.54) is 0 Å². The highest BCUT2D eigenvalue weighted by Crippen LogP contribution is 2.32. The Morgan fingerprint density at radius 2 is 1.33 bits per heavy atom. The van der Waals surface area contributed by atoms with E-state index in [1.807, 2.05) is 60.7 Å². The Labute approximate surface area is 139 Å². The smallest absolute Gasteiger partial charge is 0.115 e. The van der Waals surface area contributed by atoms with Gasteiger partial charge in [0.15, 0.2) is 0 Å². The van der Waals surface area contributed by atoms with E-state index in [0.717, 1.165) is 28.0 Å². The molecule has 0 saturated heterocycles. The van der Waals surface area contributed by atoms with Gasteiger partial charge in [0.05, 0.1) is 22.6 Å². The van der Waals surface area contributed by atoms with Crippen LogP contribution in [0.3, 0.4) is 0 Å². The third-order valence-corrected chi connectivity index (χ3v) is 3.91. The molecule has 0 saturated carbocycles. The van der Waals surface area contributed by atoms with Gasteiger partial charge in [-0.15, -0.1) is 0 Å². The van der Waals surface area contributed by atoms with Crippen LogP contribution in [-0.4, -0.2) is 15.1 Å². The lowest BCUT2D eigenvalue weighted by atomic mass is 10.0. The van der Waals surface area contributed by atoms with Gasteiger partial charge in [0, 0.05) is 11.1 Å². The lowest BCUT2D eigenvalue weighted by molar-refractivity contribution is 0.475. The van der Waals surface area contributed by atoms with Crippen molar-refractivity contribution in [1.29, 1.82) is 0 Å². The first-order chi connectivity index (χ1) is 11.7. The summed E-state index contributed by atoms with van der Waals surface area (Å²) >= 11 is 0. The SMILES string of the molecule is Nc1cccc2nc(-c3ccccc3)c(-c3ccc(O)cc3)nc12. The Morgan fingerprint density at radius 3 is 2.08 bits per heavy atom. The van der Waals surface area contributed by atoms with Gasteiger partial charge in [-0.05, 0) is 36.4 Å². The monoisotopic (exact) mass is 313 g/mol. The fraction of sp³-hybridized carbons (Fsp3) is 0. The number of hydrogen-bond acceptors (Lipinski definition) is 4. The Hall–Kier alpha value is -3.40. The summed E-state index contributed by atoms with van der Waals surface area (Å²) in [6.45, 7) is 0. The summed E-state index contributed by atoms with van der Waals surface area (Å²) < 4.78 is 0. The summed E-state index contributed by atoms with van der Waals surface area (Å²) in [6.07, 6.45) is 0. The minimum atomic E-state index is 0.216. The number of nitrogen functional groups attached to an aromatic ring is 1. The molecule has 0 atom stereocenters. The highest BCUT2D eigenvalue weighted by atomic mass is 16.3. The Bertz CT molecular complexity index is 1010. The van der Waals surface area contributed by atoms with Crippen molar-refractivity contribution < 1.29 is 5.11 Å². The van der Waals surface area contributed by atoms with Crippen LogP contribution in [0.4, 0.5) is 5.69 Å². The van der Waals surface area contributed by atoms with E-state index in [1.54, 1.807) is 12.1 Å². The van der Waals surface area contributed by atoms with E-state index in [2.05, 4.69) is 0 Å². The minimum absolute atomic E-state index is 0.216. The molecular weight excluding hydrogens is 298 g/mol. The summed E-state index contributed by atoms with van der Waals surface area (Å²) in [6, 6.07) is 22.5. The summed E-state index contributed by atoms with van der Waals surface area (Å²) in [4.78, 5) is 9.58. The van der Waals surface area contributed by atoms with Gasteiger partial charge in [-0.25, -0.2) is 9.97 Å². The summed E-state index contributed by atoms with van der Waals surface area (Å²) in [7, 11) is 0. The number of para-hydroxylation sites is 1. The van der Waals surface area contributed by atoms with Crippen LogP contribution in [0.15, 0.2) is 72.8 Å². The zero-order valence-corrected chi connectivity index (χ0v) is 12.8. The molecule has 4 rings (SSSR count). The number of benzene rings is 3. The fourth-order valence-electron chi connectivity index (χ4n) is 2.72. The second-order valence-electron chi connectivity index (χ2n) is 5.55. The fourth-order valence-corrected chi connectivity index (χ4v) is 2.72. The predicted octanol–water partition coefficient (Wildman–Crippen LogP) is 4.25. The maximum atomic E-state index is 9.55. The van der Waals surface area contributed by atoms with Crippen LogP contribution in [0.2, 0.25) is 0 Å². The van der Waals surface area contributed by atoms with Gasteiger partial charge in [-0.2, -0.15) is 0 Å². The minimum Gasteiger partial charge on any atom is -0.508 e. The van der Waals surface area contributed by atoms with Gasteiger partial charge in [0.25, 0.3) is 0 Å². The maximum absolute atomic E-state index is 9.55. The predicted molar refractivity (Wildman–Crippen MR) is 96.5 cm³/mol. The molecule has 0 aliphatic heterocycles. The largest absolute Gasteiger partial charge is 0.508 e. The van der Waals surface area contributed by atoms with Crippen molar-refractivity contribution in [3.8, 4) is 28.3 Å². The van der Waals surface area contributed by atoms with Crippen LogP contribution in [0.25, 0.3) is 33.5 Å². The van der Waals surface area contributed by atoms with Gasteiger partial charge in [-0.3, -0.25) is 0 Å². The number of aromatic hydroxyl groups is 1. The second-order valence-corrected chi connectivity index (χ2v) is 5.55. The molecule has 0 fully saturated rings. The molecule has 1 heterocycles. The lowest BCUT2D eigenvalue weighted by Gasteiger charge is -2.11. The van der Waals surface area contributed by atoms with E-state index < -0.39 is 0 Å². The quantitative estimate of drug-likeness (QED) is 0.543. The third kappa shape index (κ3) is 2.44. The first-order valence-corrected chi connectivity index (χ1v) is 7.63. The van der Waals surface area contributed by atoms with Gasteiger partial charge in [0.2, 0.25) is 0 Å².